The molecule has 1 saturated heterocycles. The van der Waals surface area contributed by atoms with Gasteiger partial charge in [0.1, 0.15) is 5.75 Å². The Morgan fingerprint density at radius 1 is 1.26 bits per heavy atom. The Balaban J connectivity index is 1.77. The lowest BCUT2D eigenvalue weighted by Crippen LogP contribution is -2.39. The maximum atomic E-state index is 13.2. The fourth-order valence-electron chi connectivity index (χ4n) is 4.01. The van der Waals surface area contributed by atoms with Crippen LogP contribution in [0.5, 0.6) is 5.75 Å². The number of nitrogens with zero attached hydrogens (tertiary/aromatic N) is 2. The molecule has 1 amide bonds. The molecule has 0 radical (unpaired) electrons. The summed E-state index contributed by atoms with van der Waals surface area (Å²) in [7, 11) is -1.72. The number of phenolic OH excluding ortho intramolecular Hbond substituents is 1. The average Bonchev–Trinajstić information content (AvgIpc) is 3.12. The summed E-state index contributed by atoms with van der Waals surface area (Å²) < 4.78 is 25.3. The van der Waals surface area contributed by atoms with Gasteiger partial charge in [-0.1, -0.05) is 43.3 Å². The smallest absolute Gasteiger partial charge is 0.229 e. The molecule has 1 heterocycles. The van der Waals surface area contributed by atoms with Crippen molar-refractivity contribution in [2.24, 2.45) is 5.92 Å². The van der Waals surface area contributed by atoms with Gasteiger partial charge in [-0.2, -0.15) is 0 Å². The SMILES string of the molecule is C[C@H]1CCN(C[C@H](c2ccccc2)N(C)C(=O)Cc2ccc(O)c(NS(C)(=O)=O)c2)C1. The molecule has 0 spiro atoms. The van der Waals surface area contributed by atoms with E-state index < -0.39 is 10.0 Å². The number of likely N-dealkylation sites (tertiary alicyclic amines) is 1. The topological polar surface area (TPSA) is 89.9 Å². The van der Waals surface area contributed by atoms with E-state index in [9.17, 15) is 18.3 Å². The number of amides is 1. The van der Waals surface area contributed by atoms with E-state index in [4.69, 9.17) is 0 Å². The number of sulfonamides is 1. The number of nitrogens with one attached hydrogen (secondary N) is 1. The van der Waals surface area contributed by atoms with Gasteiger partial charge >= 0.3 is 0 Å². The van der Waals surface area contributed by atoms with Gasteiger partial charge in [-0.3, -0.25) is 9.52 Å². The molecule has 31 heavy (non-hydrogen) atoms. The van der Waals surface area contributed by atoms with Crippen molar-refractivity contribution in [1.82, 2.24) is 9.80 Å². The summed E-state index contributed by atoms with van der Waals surface area (Å²) in [5.41, 5.74) is 1.78. The summed E-state index contributed by atoms with van der Waals surface area (Å²) in [6.45, 7) is 5.08. The number of phenols is 1. The zero-order valence-corrected chi connectivity index (χ0v) is 19.1. The molecule has 7 nitrogen and oxygen atoms in total. The Bertz CT molecular complexity index is 1010. The van der Waals surface area contributed by atoms with Crippen molar-refractivity contribution < 1.29 is 18.3 Å². The lowest BCUT2D eigenvalue weighted by molar-refractivity contribution is -0.131. The molecule has 0 aromatic heterocycles. The van der Waals surface area contributed by atoms with E-state index in [0.29, 0.717) is 11.5 Å². The number of carbonyl (C=O) groups excluding carboxylic acids is 1. The van der Waals surface area contributed by atoms with Crippen LogP contribution >= 0.6 is 0 Å². The largest absolute Gasteiger partial charge is 0.506 e. The monoisotopic (exact) mass is 445 g/mol. The Morgan fingerprint density at radius 2 is 1.97 bits per heavy atom. The van der Waals surface area contributed by atoms with Crippen LogP contribution in [-0.4, -0.2) is 62.2 Å². The Kier molecular flexibility index (Phi) is 7.23. The summed E-state index contributed by atoms with van der Waals surface area (Å²) in [5, 5.41) is 9.93. The third-order valence-corrected chi connectivity index (χ3v) is 6.29. The molecule has 1 aliphatic heterocycles. The lowest BCUT2D eigenvalue weighted by atomic mass is 10.0. The Morgan fingerprint density at radius 3 is 2.58 bits per heavy atom. The number of likely N-dealkylation sites (N-methyl/N-ethyl adjacent to an activating group) is 1. The number of hydrogen-bond acceptors (Lipinski definition) is 5. The zero-order chi connectivity index (χ0) is 22.6. The Hall–Kier alpha value is -2.58. The van der Waals surface area contributed by atoms with Crippen LogP contribution in [0.4, 0.5) is 5.69 Å². The second-order valence-electron chi connectivity index (χ2n) is 8.49. The van der Waals surface area contributed by atoms with Crippen LogP contribution in [0.2, 0.25) is 0 Å². The van der Waals surface area contributed by atoms with Crippen molar-refractivity contribution in [2.75, 3.05) is 37.7 Å². The highest BCUT2D eigenvalue weighted by molar-refractivity contribution is 7.92. The van der Waals surface area contributed by atoms with Crippen LogP contribution < -0.4 is 4.72 Å². The van der Waals surface area contributed by atoms with Gasteiger partial charge in [0.2, 0.25) is 15.9 Å². The Labute approximate surface area is 184 Å². The summed E-state index contributed by atoms with van der Waals surface area (Å²) in [4.78, 5) is 17.3. The minimum Gasteiger partial charge on any atom is -0.506 e. The quantitative estimate of drug-likeness (QED) is 0.610. The zero-order valence-electron chi connectivity index (χ0n) is 18.3. The van der Waals surface area contributed by atoms with Gasteiger partial charge in [0.25, 0.3) is 0 Å². The molecule has 8 heteroatoms. The van der Waals surface area contributed by atoms with Crippen LogP contribution in [-0.2, 0) is 21.2 Å². The molecule has 2 N–H and O–H groups in total. The summed E-state index contributed by atoms with van der Waals surface area (Å²) >= 11 is 0. The van der Waals surface area contributed by atoms with E-state index in [-0.39, 0.29) is 29.8 Å². The van der Waals surface area contributed by atoms with E-state index in [1.807, 2.05) is 37.4 Å². The van der Waals surface area contributed by atoms with E-state index in [1.54, 1.807) is 11.0 Å². The number of aromatic hydroxyl groups is 1. The molecule has 0 aliphatic carbocycles. The predicted molar refractivity (Wildman–Crippen MR) is 122 cm³/mol. The maximum Gasteiger partial charge on any atom is 0.229 e. The predicted octanol–water partition coefficient (Wildman–Crippen LogP) is 2.85. The molecule has 168 valence electrons. The maximum absolute atomic E-state index is 13.2. The first-order valence-corrected chi connectivity index (χ1v) is 12.3. The molecule has 2 aromatic rings. The van der Waals surface area contributed by atoms with Gasteiger partial charge in [0, 0.05) is 20.1 Å². The molecular formula is C23H31N3O4S. The van der Waals surface area contributed by atoms with Gasteiger partial charge in [-0.15, -0.1) is 0 Å². The minimum absolute atomic E-state index is 0.0705. The number of benzene rings is 2. The van der Waals surface area contributed by atoms with Gasteiger partial charge in [0.15, 0.2) is 0 Å². The number of anilines is 1. The van der Waals surface area contributed by atoms with Crippen molar-refractivity contribution in [3.8, 4) is 5.75 Å². The van der Waals surface area contributed by atoms with E-state index in [0.717, 1.165) is 31.5 Å². The molecule has 3 rings (SSSR count). The number of rotatable bonds is 8. The van der Waals surface area contributed by atoms with Crippen molar-refractivity contribution in [3.05, 3.63) is 59.7 Å². The van der Waals surface area contributed by atoms with E-state index in [2.05, 4.69) is 16.5 Å². The lowest BCUT2D eigenvalue weighted by Gasteiger charge is -2.32. The first-order valence-electron chi connectivity index (χ1n) is 10.4. The summed E-state index contributed by atoms with van der Waals surface area (Å²) in [6.07, 6.45) is 2.29. The van der Waals surface area contributed by atoms with Gasteiger partial charge in [0.05, 0.1) is 24.4 Å². The summed E-state index contributed by atoms with van der Waals surface area (Å²) in [5.74, 6) is 0.410. The van der Waals surface area contributed by atoms with Gasteiger partial charge in [-0.05, 0) is 42.1 Å². The van der Waals surface area contributed by atoms with Gasteiger partial charge < -0.3 is 14.9 Å². The molecule has 2 atom stereocenters. The molecule has 2 aromatic carbocycles. The van der Waals surface area contributed by atoms with E-state index >= 15 is 0 Å². The van der Waals surface area contributed by atoms with E-state index in [1.165, 1.54) is 18.6 Å². The fourth-order valence-corrected chi connectivity index (χ4v) is 4.57. The number of hydrogen-bond donors (Lipinski definition) is 2. The van der Waals surface area contributed by atoms with Crippen LogP contribution in [0.1, 0.15) is 30.5 Å². The highest BCUT2D eigenvalue weighted by atomic mass is 32.2. The molecule has 0 unspecified atom stereocenters. The third kappa shape index (κ3) is 6.45. The van der Waals surface area contributed by atoms with Crippen LogP contribution in [0, 0.1) is 5.92 Å². The van der Waals surface area contributed by atoms with Crippen molar-refractivity contribution in [2.45, 2.75) is 25.8 Å². The first-order chi connectivity index (χ1) is 14.6. The van der Waals surface area contributed by atoms with Crippen LogP contribution in [0.25, 0.3) is 0 Å². The summed E-state index contributed by atoms with van der Waals surface area (Å²) in [6, 6.07) is 14.5. The number of carbonyl (C=O) groups is 1. The van der Waals surface area contributed by atoms with Crippen molar-refractivity contribution in [1.29, 1.82) is 0 Å². The highest BCUT2D eigenvalue weighted by Crippen LogP contribution is 2.27. The normalized spacial score (nSPS) is 18.0. The highest BCUT2D eigenvalue weighted by Gasteiger charge is 2.27. The molecule has 1 fully saturated rings. The van der Waals surface area contributed by atoms with Crippen molar-refractivity contribution in [3.63, 3.8) is 0 Å². The second-order valence-corrected chi connectivity index (χ2v) is 10.2. The minimum atomic E-state index is -3.54. The standard InChI is InChI=1S/C23H31N3O4S/c1-17-11-12-26(15-17)16-21(19-7-5-4-6-8-19)25(2)23(28)14-18-9-10-22(27)20(13-18)24-31(3,29)30/h4-10,13,17,21,24,27H,11-12,14-16H2,1-3H3/t17-,21+/m0/s1. The van der Waals surface area contributed by atoms with Crippen LogP contribution in [0.3, 0.4) is 0 Å². The second kappa shape index (κ2) is 9.70. The van der Waals surface area contributed by atoms with Crippen molar-refractivity contribution >= 4 is 21.6 Å². The van der Waals surface area contributed by atoms with Crippen LogP contribution in [0.15, 0.2) is 48.5 Å². The third-order valence-electron chi connectivity index (χ3n) is 5.70. The first kappa shape index (κ1) is 23.1. The van der Waals surface area contributed by atoms with Gasteiger partial charge in [-0.25, -0.2) is 8.42 Å². The average molecular weight is 446 g/mol. The molecule has 0 bridgehead atoms. The fraction of sp³-hybridized carbons (Fsp3) is 0.435. The molecule has 0 saturated carbocycles. The molecular weight excluding hydrogens is 414 g/mol. The molecule has 1 aliphatic rings.